The van der Waals surface area contributed by atoms with Crippen LogP contribution >= 0.6 is 0 Å². The molecule has 0 fully saturated rings. The van der Waals surface area contributed by atoms with Crippen LogP contribution in [0.4, 0.5) is 0 Å². The number of ether oxygens (including phenoxy) is 1. The van der Waals surface area contributed by atoms with Crippen LogP contribution in [0.3, 0.4) is 0 Å². The molecule has 11 heavy (non-hydrogen) atoms. The van der Waals surface area contributed by atoms with Gasteiger partial charge in [0.15, 0.2) is 11.8 Å². The normalized spacial score (nSPS) is 29.1. The number of hydrogen-bond acceptors (Lipinski definition) is 3. The minimum atomic E-state index is -0.686. The molecule has 0 saturated heterocycles. The monoisotopic (exact) mass is 153 g/mol. The SMILES string of the molecule is C=C(C)C1=NC(C)(C=O)CO1. The molecule has 1 atom stereocenters. The van der Waals surface area contributed by atoms with E-state index in [1.165, 1.54) is 0 Å². The van der Waals surface area contributed by atoms with Gasteiger partial charge in [-0.3, -0.25) is 0 Å². The molecule has 0 saturated carbocycles. The predicted molar refractivity (Wildman–Crippen MR) is 42.7 cm³/mol. The van der Waals surface area contributed by atoms with Gasteiger partial charge in [0, 0.05) is 5.57 Å². The van der Waals surface area contributed by atoms with Crippen molar-refractivity contribution in [3.05, 3.63) is 12.2 Å². The number of carbonyl (C=O) groups excluding carboxylic acids is 1. The number of rotatable bonds is 2. The van der Waals surface area contributed by atoms with Crippen molar-refractivity contribution in [2.75, 3.05) is 6.61 Å². The maximum Gasteiger partial charge on any atom is 0.212 e. The number of nitrogens with zero attached hydrogens (tertiary/aromatic N) is 1. The highest BCUT2D eigenvalue weighted by atomic mass is 16.5. The van der Waals surface area contributed by atoms with E-state index in [4.69, 9.17) is 4.74 Å². The van der Waals surface area contributed by atoms with Crippen LogP contribution in [0.1, 0.15) is 13.8 Å². The summed E-state index contributed by atoms with van der Waals surface area (Å²) in [5.74, 6) is 0.500. The van der Waals surface area contributed by atoms with Crippen molar-refractivity contribution < 1.29 is 9.53 Å². The third kappa shape index (κ3) is 1.48. The maximum absolute atomic E-state index is 10.5. The highest BCUT2D eigenvalue weighted by molar-refractivity contribution is 5.95. The zero-order valence-corrected chi connectivity index (χ0v) is 6.76. The Morgan fingerprint density at radius 2 is 2.55 bits per heavy atom. The first-order valence-electron chi connectivity index (χ1n) is 3.42. The molecule has 0 aliphatic carbocycles. The minimum absolute atomic E-state index is 0.332. The van der Waals surface area contributed by atoms with E-state index in [0.29, 0.717) is 12.5 Å². The van der Waals surface area contributed by atoms with Gasteiger partial charge in [-0.25, -0.2) is 4.99 Å². The zero-order chi connectivity index (χ0) is 8.48. The highest BCUT2D eigenvalue weighted by Gasteiger charge is 2.31. The van der Waals surface area contributed by atoms with Crippen LogP contribution in [0.5, 0.6) is 0 Å². The van der Waals surface area contributed by atoms with E-state index in [0.717, 1.165) is 11.9 Å². The molecule has 1 rings (SSSR count). The molecule has 60 valence electrons. The predicted octanol–water partition coefficient (Wildman–Crippen LogP) is 0.949. The van der Waals surface area contributed by atoms with E-state index in [2.05, 4.69) is 11.6 Å². The van der Waals surface area contributed by atoms with Crippen molar-refractivity contribution in [1.29, 1.82) is 0 Å². The summed E-state index contributed by atoms with van der Waals surface area (Å²) in [6.45, 7) is 7.53. The smallest absolute Gasteiger partial charge is 0.212 e. The van der Waals surface area contributed by atoms with Gasteiger partial charge in [-0.05, 0) is 13.8 Å². The standard InChI is InChI=1S/C8H11NO2/c1-6(2)7-9-8(3,4-10)5-11-7/h4H,1,5H2,2-3H3. The fraction of sp³-hybridized carbons (Fsp3) is 0.500. The highest BCUT2D eigenvalue weighted by Crippen LogP contribution is 2.17. The molecule has 1 unspecified atom stereocenters. The van der Waals surface area contributed by atoms with Crippen LogP contribution in [-0.4, -0.2) is 24.3 Å². The van der Waals surface area contributed by atoms with E-state index in [9.17, 15) is 4.79 Å². The zero-order valence-electron chi connectivity index (χ0n) is 6.76. The minimum Gasteiger partial charge on any atom is -0.475 e. The first-order chi connectivity index (χ1) is 5.07. The van der Waals surface area contributed by atoms with Gasteiger partial charge in [-0.15, -0.1) is 0 Å². The van der Waals surface area contributed by atoms with Crippen molar-refractivity contribution in [3.8, 4) is 0 Å². The van der Waals surface area contributed by atoms with Gasteiger partial charge in [0.25, 0.3) is 0 Å². The van der Waals surface area contributed by atoms with Crippen LogP contribution in [0.25, 0.3) is 0 Å². The summed E-state index contributed by atoms with van der Waals surface area (Å²) >= 11 is 0. The van der Waals surface area contributed by atoms with E-state index < -0.39 is 5.54 Å². The number of carbonyl (C=O) groups is 1. The Kier molecular flexibility index (Phi) is 1.81. The van der Waals surface area contributed by atoms with Gasteiger partial charge in [-0.2, -0.15) is 0 Å². The third-order valence-electron chi connectivity index (χ3n) is 1.48. The first kappa shape index (κ1) is 7.98. The second kappa shape index (κ2) is 2.49. The van der Waals surface area contributed by atoms with Gasteiger partial charge >= 0.3 is 0 Å². The molecule has 3 heteroatoms. The molecule has 1 heterocycles. The first-order valence-corrected chi connectivity index (χ1v) is 3.42. The molecule has 0 aromatic rings. The van der Waals surface area contributed by atoms with Crippen molar-refractivity contribution in [2.45, 2.75) is 19.4 Å². The molecular formula is C8H11NO2. The Morgan fingerprint density at radius 1 is 1.91 bits per heavy atom. The van der Waals surface area contributed by atoms with Crippen molar-refractivity contribution >= 4 is 12.2 Å². The Labute approximate surface area is 65.8 Å². The lowest BCUT2D eigenvalue weighted by Crippen LogP contribution is -2.24. The Hall–Kier alpha value is -1.12. The van der Waals surface area contributed by atoms with Crippen LogP contribution in [-0.2, 0) is 9.53 Å². The summed E-state index contributed by atoms with van der Waals surface area (Å²) in [6, 6.07) is 0. The van der Waals surface area contributed by atoms with E-state index in [1.54, 1.807) is 13.8 Å². The van der Waals surface area contributed by atoms with Crippen LogP contribution in [0.2, 0.25) is 0 Å². The van der Waals surface area contributed by atoms with Crippen LogP contribution < -0.4 is 0 Å². The molecule has 0 N–H and O–H groups in total. The van der Waals surface area contributed by atoms with Crippen LogP contribution in [0.15, 0.2) is 17.1 Å². The summed E-state index contributed by atoms with van der Waals surface area (Å²) in [5.41, 5.74) is 0.0736. The molecule has 0 radical (unpaired) electrons. The largest absolute Gasteiger partial charge is 0.475 e. The lowest BCUT2D eigenvalue weighted by Gasteiger charge is -2.06. The van der Waals surface area contributed by atoms with Crippen LogP contribution in [0, 0.1) is 0 Å². The number of aldehydes is 1. The molecule has 0 aromatic heterocycles. The Morgan fingerprint density at radius 3 is 2.82 bits per heavy atom. The van der Waals surface area contributed by atoms with Crippen molar-refractivity contribution in [3.63, 3.8) is 0 Å². The second-order valence-electron chi connectivity index (χ2n) is 2.96. The summed E-state index contributed by atoms with van der Waals surface area (Å²) in [4.78, 5) is 14.5. The molecule has 1 aliphatic rings. The van der Waals surface area contributed by atoms with Gasteiger partial charge in [0.05, 0.1) is 0 Å². The summed E-state index contributed by atoms with van der Waals surface area (Å²) in [6.07, 6.45) is 0.795. The molecule has 3 nitrogen and oxygen atoms in total. The van der Waals surface area contributed by atoms with Crippen molar-refractivity contribution in [2.24, 2.45) is 4.99 Å². The average molecular weight is 153 g/mol. The maximum atomic E-state index is 10.5. The fourth-order valence-corrected chi connectivity index (χ4v) is 0.790. The summed E-state index contributed by atoms with van der Waals surface area (Å²) < 4.78 is 5.14. The molecule has 1 aliphatic heterocycles. The quantitative estimate of drug-likeness (QED) is 0.554. The topological polar surface area (TPSA) is 38.7 Å². The van der Waals surface area contributed by atoms with Gasteiger partial charge in [-0.1, -0.05) is 6.58 Å². The molecule has 0 bridgehead atoms. The molecule has 0 amide bonds. The lowest BCUT2D eigenvalue weighted by atomic mass is 10.1. The number of aliphatic imine (C=N–C) groups is 1. The average Bonchev–Trinajstić information content (AvgIpc) is 2.33. The van der Waals surface area contributed by atoms with Gasteiger partial charge in [0.1, 0.15) is 6.61 Å². The van der Waals surface area contributed by atoms with E-state index >= 15 is 0 Å². The summed E-state index contributed by atoms with van der Waals surface area (Å²) in [5, 5.41) is 0. The third-order valence-corrected chi connectivity index (χ3v) is 1.48. The van der Waals surface area contributed by atoms with Gasteiger partial charge < -0.3 is 9.53 Å². The van der Waals surface area contributed by atoms with E-state index in [-0.39, 0.29) is 0 Å². The fourth-order valence-electron chi connectivity index (χ4n) is 0.790. The van der Waals surface area contributed by atoms with Gasteiger partial charge in [0.2, 0.25) is 5.90 Å². The lowest BCUT2D eigenvalue weighted by molar-refractivity contribution is -0.112. The second-order valence-corrected chi connectivity index (χ2v) is 2.96. The number of hydrogen-bond donors (Lipinski definition) is 0. The Balaban J connectivity index is 2.83. The van der Waals surface area contributed by atoms with Crippen molar-refractivity contribution in [1.82, 2.24) is 0 Å². The molecular weight excluding hydrogens is 142 g/mol. The molecule has 0 spiro atoms. The Bertz CT molecular complexity index is 232. The molecule has 0 aromatic carbocycles. The van der Waals surface area contributed by atoms with E-state index in [1.807, 2.05) is 0 Å². The summed E-state index contributed by atoms with van der Waals surface area (Å²) in [7, 11) is 0.